The summed E-state index contributed by atoms with van der Waals surface area (Å²) in [5, 5.41) is 10.7. The fourth-order valence-electron chi connectivity index (χ4n) is 1.80. The number of hydrogen-bond donors (Lipinski definition) is 1. The Labute approximate surface area is 129 Å². The van der Waals surface area contributed by atoms with Crippen LogP contribution in [0.25, 0.3) is 0 Å². The fraction of sp³-hybridized carbons (Fsp3) is 0.143. The van der Waals surface area contributed by atoms with Crippen LogP contribution in [0.2, 0.25) is 10.0 Å². The molecule has 19 heavy (non-hydrogen) atoms. The molecule has 2 aromatic carbocycles. The number of aryl methyl sites for hydroxylation is 1. The van der Waals surface area contributed by atoms with E-state index >= 15 is 0 Å². The minimum atomic E-state index is -1.15. The first kappa shape index (κ1) is 14.8. The topological polar surface area (TPSA) is 20.2 Å². The highest BCUT2D eigenvalue weighted by Gasteiger charge is 2.21. The molecule has 0 saturated heterocycles. The third-order valence-electron chi connectivity index (χ3n) is 2.88. The van der Waals surface area contributed by atoms with E-state index in [4.69, 9.17) is 23.2 Å². The molecule has 1 atom stereocenters. The Morgan fingerprint density at radius 1 is 1.11 bits per heavy atom. The van der Waals surface area contributed by atoms with Crippen molar-refractivity contribution < 1.29 is 9.50 Å². The van der Waals surface area contributed by atoms with Gasteiger partial charge in [-0.05, 0) is 34.5 Å². The van der Waals surface area contributed by atoms with E-state index in [-0.39, 0.29) is 10.6 Å². The quantitative estimate of drug-likeness (QED) is 0.719. The summed E-state index contributed by atoms with van der Waals surface area (Å²) < 4.78 is 14.5. The molecule has 0 radical (unpaired) electrons. The largest absolute Gasteiger partial charge is 0.383 e. The van der Waals surface area contributed by atoms with Crippen molar-refractivity contribution in [1.82, 2.24) is 0 Å². The molecular formula is C14H10BrCl2FO. The van der Waals surface area contributed by atoms with E-state index in [9.17, 15) is 9.50 Å². The molecule has 0 aliphatic rings. The van der Waals surface area contributed by atoms with Crippen molar-refractivity contribution in [3.63, 3.8) is 0 Å². The second kappa shape index (κ2) is 5.80. The zero-order valence-corrected chi connectivity index (χ0v) is 13.0. The Kier molecular flexibility index (Phi) is 4.51. The molecule has 5 heteroatoms. The number of hydrogen-bond acceptors (Lipinski definition) is 1. The molecule has 0 saturated carbocycles. The molecule has 0 bridgehead atoms. The Balaban J connectivity index is 2.53. The maximum Gasteiger partial charge on any atom is 0.149 e. The molecule has 0 fully saturated rings. The van der Waals surface area contributed by atoms with Crippen molar-refractivity contribution in [2.75, 3.05) is 0 Å². The summed E-state index contributed by atoms with van der Waals surface area (Å²) in [7, 11) is 0. The van der Waals surface area contributed by atoms with Crippen LogP contribution < -0.4 is 0 Å². The molecule has 2 rings (SSSR count). The molecule has 100 valence electrons. The molecule has 0 aliphatic heterocycles. The van der Waals surface area contributed by atoms with E-state index in [0.717, 1.165) is 5.56 Å². The first-order valence-corrected chi connectivity index (χ1v) is 7.05. The van der Waals surface area contributed by atoms with Crippen LogP contribution in [0.1, 0.15) is 22.8 Å². The second-order valence-corrected chi connectivity index (χ2v) is 5.76. The van der Waals surface area contributed by atoms with Crippen LogP contribution in [0.4, 0.5) is 4.39 Å². The van der Waals surface area contributed by atoms with Crippen LogP contribution in [-0.2, 0) is 0 Å². The Hall–Kier alpha value is -0.610. The third-order valence-corrected chi connectivity index (χ3v) is 4.65. The van der Waals surface area contributed by atoms with Crippen LogP contribution >= 0.6 is 39.1 Å². The molecule has 1 nitrogen and oxygen atoms in total. The number of aliphatic hydroxyl groups is 1. The molecule has 0 aromatic heterocycles. The van der Waals surface area contributed by atoms with Gasteiger partial charge in [0.25, 0.3) is 0 Å². The van der Waals surface area contributed by atoms with Gasteiger partial charge in [0, 0.05) is 20.6 Å². The van der Waals surface area contributed by atoms with E-state index in [2.05, 4.69) is 15.9 Å². The third kappa shape index (κ3) is 2.79. The van der Waals surface area contributed by atoms with Crippen LogP contribution in [0, 0.1) is 12.7 Å². The van der Waals surface area contributed by atoms with Gasteiger partial charge in [0.05, 0.1) is 5.02 Å². The average Bonchev–Trinajstić information content (AvgIpc) is 2.39. The minimum Gasteiger partial charge on any atom is -0.383 e. The van der Waals surface area contributed by atoms with Gasteiger partial charge in [-0.25, -0.2) is 4.39 Å². The molecule has 0 amide bonds. The van der Waals surface area contributed by atoms with Gasteiger partial charge < -0.3 is 5.11 Å². The van der Waals surface area contributed by atoms with Crippen molar-refractivity contribution in [2.24, 2.45) is 0 Å². The summed E-state index contributed by atoms with van der Waals surface area (Å²) in [4.78, 5) is 0. The zero-order valence-electron chi connectivity index (χ0n) is 9.92. The first-order chi connectivity index (χ1) is 8.93. The summed E-state index contributed by atoms with van der Waals surface area (Å²) >= 11 is 15.1. The second-order valence-electron chi connectivity index (χ2n) is 4.15. The van der Waals surface area contributed by atoms with E-state index in [1.165, 1.54) is 6.07 Å². The molecule has 2 aromatic rings. The van der Waals surface area contributed by atoms with Crippen LogP contribution in [-0.4, -0.2) is 5.11 Å². The minimum absolute atomic E-state index is 0.0553. The number of benzene rings is 2. The van der Waals surface area contributed by atoms with E-state index in [1.807, 2.05) is 13.0 Å². The lowest BCUT2D eigenvalue weighted by atomic mass is 9.99. The molecule has 1 unspecified atom stereocenters. The lowest BCUT2D eigenvalue weighted by Crippen LogP contribution is -2.04. The van der Waals surface area contributed by atoms with Gasteiger partial charge in [0.2, 0.25) is 0 Å². The lowest BCUT2D eigenvalue weighted by Gasteiger charge is -2.16. The van der Waals surface area contributed by atoms with Gasteiger partial charge in [-0.2, -0.15) is 0 Å². The zero-order chi connectivity index (χ0) is 14.2. The standard InChI is InChI=1S/C14H10BrCl2FO/c1-7-3-2-4-8(11(7)16)14(19)9-5-6-10(15)12(17)13(9)18/h2-6,14,19H,1H3. The van der Waals surface area contributed by atoms with Crippen LogP contribution in [0.5, 0.6) is 0 Å². The van der Waals surface area contributed by atoms with E-state index in [0.29, 0.717) is 15.1 Å². The number of aliphatic hydroxyl groups excluding tert-OH is 1. The highest BCUT2D eigenvalue weighted by Crippen LogP contribution is 2.35. The number of rotatable bonds is 2. The molecule has 0 aliphatic carbocycles. The summed E-state index contributed by atoms with van der Waals surface area (Å²) in [6.07, 6.45) is -1.15. The molecule has 1 N–H and O–H groups in total. The average molecular weight is 364 g/mol. The summed E-state index contributed by atoms with van der Waals surface area (Å²) in [6, 6.07) is 8.32. The van der Waals surface area contributed by atoms with Crippen LogP contribution in [0.15, 0.2) is 34.8 Å². The summed E-state index contributed by atoms with van der Waals surface area (Å²) in [6.45, 7) is 1.82. The highest BCUT2D eigenvalue weighted by atomic mass is 79.9. The van der Waals surface area contributed by atoms with Gasteiger partial charge >= 0.3 is 0 Å². The van der Waals surface area contributed by atoms with Crippen molar-refractivity contribution in [3.8, 4) is 0 Å². The number of halogens is 4. The van der Waals surface area contributed by atoms with Gasteiger partial charge in [0.1, 0.15) is 11.9 Å². The van der Waals surface area contributed by atoms with Gasteiger partial charge in [-0.15, -0.1) is 0 Å². The predicted octanol–water partition coefficient (Wildman–Crippen LogP) is 5.29. The van der Waals surface area contributed by atoms with Gasteiger partial charge in [-0.1, -0.05) is 47.5 Å². The van der Waals surface area contributed by atoms with E-state index in [1.54, 1.807) is 18.2 Å². The lowest BCUT2D eigenvalue weighted by molar-refractivity contribution is 0.215. The summed E-state index contributed by atoms with van der Waals surface area (Å²) in [5.74, 6) is -0.652. The van der Waals surface area contributed by atoms with Crippen molar-refractivity contribution >= 4 is 39.1 Å². The van der Waals surface area contributed by atoms with Gasteiger partial charge in [-0.3, -0.25) is 0 Å². The predicted molar refractivity (Wildman–Crippen MR) is 79.4 cm³/mol. The maximum atomic E-state index is 14.1. The van der Waals surface area contributed by atoms with E-state index < -0.39 is 11.9 Å². The van der Waals surface area contributed by atoms with Crippen molar-refractivity contribution in [3.05, 3.63) is 67.4 Å². The molecule has 0 spiro atoms. The van der Waals surface area contributed by atoms with Crippen LogP contribution in [0.3, 0.4) is 0 Å². The maximum absolute atomic E-state index is 14.1. The monoisotopic (exact) mass is 362 g/mol. The first-order valence-electron chi connectivity index (χ1n) is 5.50. The molecular weight excluding hydrogens is 354 g/mol. The highest BCUT2D eigenvalue weighted by molar-refractivity contribution is 9.10. The summed E-state index contributed by atoms with van der Waals surface area (Å²) in [5.41, 5.74) is 1.38. The smallest absolute Gasteiger partial charge is 0.149 e. The SMILES string of the molecule is Cc1cccc(C(O)c2ccc(Br)c(Cl)c2F)c1Cl. The Morgan fingerprint density at radius 3 is 2.47 bits per heavy atom. The van der Waals surface area contributed by atoms with Crippen molar-refractivity contribution in [2.45, 2.75) is 13.0 Å². The molecule has 0 heterocycles. The fourth-order valence-corrected chi connectivity index (χ4v) is 2.51. The van der Waals surface area contributed by atoms with Crippen molar-refractivity contribution in [1.29, 1.82) is 0 Å². The normalized spacial score (nSPS) is 12.5. The van der Waals surface area contributed by atoms with Gasteiger partial charge in [0.15, 0.2) is 0 Å². The Morgan fingerprint density at radius 2 is 1.79 bits per heavy atom. The Bertz CT molecular complexity index is 631.